The van der Waals surface area contributed by atoms with Crippen molar-refractivity contribution < 1.29 is 4.79 Å². The van der Waals surface area contributed by atoms with E-state index in [-0.39, 0.29) is 0 Å². The van der Waals surface area contributed by atoms with E-state index >= 15 is 0 Å². The quantitative estimate of drug-likeness (QED) is 0.561. The Labute approximate surface area is 67.6 Å². The summed E-state index contributed by atoms with van der Waals surface area (Å²) in [6.07, 6.45) is 1.92. The molecule has 0 aromatic heterocycles. The number of Topliss-reactive ketones (excluding diaryl/α,β-unsaturated/α-hetero) is 1. The van der Waals surface area contributed by atoms with Gasteiger partial charge in [0.25, 0.3) is 0 Å². The third kappa shape index (κ3) is 0.924. The Hall–Kier alpha value is -0.370. The first kappa shape index (κ1) is 7.29. The fourth-order valence-corrected chi connectivity index (χ4v) is 2.23. The molecule has 2 aliphatic heterocycles. The molecule has 0 aliphatic carbocycles. The van der Waals surface area contributed by atoms with Crippen LogP contribution in [0.5, 0.6) is 0 Å². The van der Waals surface area contributed by atoms with Crippen molar-refractivity contribution in [3.05, 3.63) is 0 Å². The zero-order chi connectivity index (χ0) is 8.01. The largest absolute Gasteiger partial charge is 0.298 e. The second kappa shape index (κ2) is 2.31. The van der Waals surface area contributed by atoms with Crippen LogP contribution in [0.3, 0.4) is 0 Å². The van der Waals surface area contributed by atoms with E-state index in [4.69, 9.17) is 0 Å². The molecule has 0 amide bonds. The van der Waals surface area contributed by atoms with Crippen molar-refractivity contribution >= 4 is 5.78 Å². The zero-order valence-electron chi connectivity index (χ0n) is 7.21. The fourth-order valence-electron chi connectivity index (χ4n) is 2.23. The highest BCUT2D eigenvalue weighted by Crippen LogP contribution is 2.34. The minimum Gasteiger partial charge on any atom is -0.298 e. The van der Waals surface area contributed by atoms with Crippen molar-refractivity contribution in [2.75, 3.05) is 6.54 Å². The van der Waals surface area contributed by atoms with E-state index in [1.807, 2.05) is 0 Å². The topological polar surface area (TPSA) is 20.3 Å². The van der Waals surface area contributed by atoms with Gasteiger partial charge in [-0.2, -0.15) is 0 Å². The lowest BCUT2D eigenvalue weighted by atomic mass is 10.0. The summed E-state index contributed by atoms with van der Waals surface area (Å²) in [4.78, 5) is 13.7. The zero-order valence-corrected chi connectivity index (χ0v) is 7.21. The molecule has 2 saturated heterocycles. The van der Waals surface area contributed by atoms with Gasteiger partial charge in [-0.25, -0.2) is 0 Å². The van der Waals surface area contributed by atoms with Gasteiger partial charge in [0.2, 0.25) is 0 Å². The van der Waals surface area contributed by atoms with Crippen molar-refractivity contribution in [2.45, 2.75) is 38.8 Å². The molecule has 2 heteroatoms. The normalized spacial score (nSPS) is 37.5. The minimum atomic E-state index is 0.322. The van der Waals surface area contributed by atoms with Crippen molar-refractivity contribution in [3.63, 3.8) is 0 Å². The van der Waals surface area contributed by atoms with Crippen LogP contribution in [0.4, 0.5) is 0 Å². The predicted octanol–water partition coefficient (Wildman–Crippen LogP) is 1.06. The van der Waals surface area contributed by atoms with Crippen molar-refractivity contribution in [2.24, 2.45) is 5.92 Å². The van der Waals surface area contributed by atoms with E-state index in [0.717, 1.165) is 19.4 Å². The molecule has 0 radical (unpaired) electrons. The molecule has 2 atom stereocenters. The Balaban J connectivity index is 2.10. The van der Waals surface area contributed by atoms with Crippen LogP contribution in [0.1, 0.15) is 26.7 Å². The first-order chi connectivity index (χ1) is 5.20. The van der Waals surface area contributed by atoms with E-state index in [9.17, 15) is 4.79 Å². The first-order valence-corrected chi connectivity index (χ1v) is 4.48. The molecule has 2 unspecified atom stereocenters. The van der Waals surface area contributed by atoms with Crippen LogP contribution in [-0.4, -0.2) is 29.3 Å². The van der Waals surface area contributed by atoms with Gasteiger partial charge in [0.1, 0.15) is 0 Å². The summed E-state index contributed by atoms with van der Waals surface area (Å²) in [6, 6.07) is 0.878. The van der Waals surface area contributed by atoms with Crippen LogP contribution in [0.15, 0.2) is 0 Å². The van der Waals surface area contributed by atoms with Crippen molar-refractivity contribution in [3.8, 4) is 0 Å². The van der Waals surface area contributed by atoms with Crippen LogP contribution in [-0.2, 0) is 4.79 Å². The summed E-state index contributed by atoms with van der Waals surface area (Å²) in [5.74, 6) is 1.12. The molecule has 0 saturated carbocycles. The second-order valence-corrected chi connectivity index (χ2v) is 4.02. The molecular formula is C9H15NO. The van der Waals surface area contributed by atoms with Crippen molar-refractivity contribution in [1.29, 1.82) is 0 Å². The molecule has 0 bridgehead atoms. The molecule has 2 aliphatic rings. The number of hydrogen-bond donors (Lipinski definition) is 0. The van der Waals surface area contributed by atoms with Gasteiger partial charge < -0.3 is 0 Å². The average Bonchev–Trinajstić information content (AvgIpc) is 2.02. The molecule has 2 rings (SSSR count). The Morgan fingerprint density at radius 1 is 1.55 bits per heavy atom. The Morgan fingerprint density at radius 3 is 2.55 bits per heavy atom. The maximum absolute atomic E-state index is 11.3. The Morgan fingerprint density at radius 2 is 2.27 bits per heavy atom. The average molecular weight is 153 g/mol. The lowest BCUT2D eigenvalue weighted by Gasteiger charge is -2.39. The van der Waals surface area contributed by atoms with Gasteiger partial charge in [-0.1, -0.05) is 13.8 Å². The Kier molecular flexibility index (Phi) is 1.53. The van der Waals surface area contributed by atoms with Crippen molar-refractivity contribution in [1.82, 2.24) is 4.90 Å². The number of ketones is 1. The molecule has 2 fully saturated rings. The van der Waals surface area contributed by atoms with Gasteiger partial charge in [-0.3, -0.25) is 9.69 Å². The SMILES string of the molecule is CC(C)C1CC(=O)C2CCN21. The molecule has 2 heterocycles. The summed E-state index contributed by atoms with van der Waals surface area (Å²) in [6.45, 7) is 5.57. The lowest BCUT2D eigenvalue weighted by Crippen LogP contribution is -2.50. The highest BCUT2D eigenvalue weighted by molar-refractivity contribution is 5.87. The number of carbonyl (C=O) groups is 1. The molecule has 2 nitrogen and oxygen atoms in total. The van der Waals surface area contributed by atoms with Crippen LogP contribution in [0.25, 0.3) is 0 Å². The molecule has 0 aromatic carbocycles. The van der Waals surface area contributed by atoms with Crippen LogP contribution in [0.2, 0.25) is 0 Å². The van der Waals surface area contributed by atoms with E-state index in [0.29, 0.717) is 23.8 Å². The molecular weight excluding hydrogens is 138 g/mol. The van der Waals surface area contributed by atoms with E-state index in [1.54, 1.807) is 0 Å². The number of fused-ring (bicyclic) bond motifs is 1. The third-order valence-electron chi connectivity index (χ3n) is 3.04. The summed E-state index contributed by atoms with van der Waals surface area (Å²) >= 11 is 0. The maximum Gasteiger partial charge on any atom is 0.151 e. The molecule has 11 heavy (non-hydrogen) atoms. The van der Waals surface area contributed by atoms with E-state index < -0.39 is 0 Å². The predicted molar refractivity (Wildman–Crippen MR) is 43.4 cm³/mol. The summed E-state index contributed by atoms with van der Waals surface area (Å²) in [5, 5.41) is 0. The van der Waals surface area contributed by atoms with E-state index in [1.165, 1.54) is 0 Å². The highest BCUT2D eigenvalue weighted by Gasteiger charge is 2.46. The fraction of sp³-hybridized carbons (Fsp3) is 0.889. The van der Waals surface area contributed by atoms with Gasteiger partial charge in [-0.05, 0) is 12.3 Å². The molecule has 0 N–H and O–H groups in total. The van der Waals surface area contributed by atoms with Gasteiger partial charge >= 0.3 is 0 Å². The summed E-state index contributed by atoms with van der Waals surface area (Å²) < 4.78 is 0. The smallest absolute Gasteiger partial charge is 0.151 e. The van der Waals surface area contributed by atoms with E-state index in [2.05, 4.69) is 18.7 Å². The first-order valence-electron chi connectivity index (χ1n) is 4.48. The number of carbonyl (C=O) groups excluding carboxylic acids is 1. The van der Waals surface area contributed by atoms with Gasteiger partial charge in [0, 0.05) is 19.0 Å². The van der Waals surface area contributed by atoms with Crippen LogP contribution in [0, 0.1) is 5.92 Å². The maximum atomic E-state index is 11.3. The molecule has 62 valence electrons. The minimum absolute atomic E-state index is 0.322. The van der Waals surface area contributed by atoms with Gasteiger partial charge in [-0.15, -0.1) is 0 Å². The molecule has 0 aromatic rings. The van der Waals surface area contributed by atoms with Gasteiger partial charge in [0.05, 0.1) is 6.04 Å². The monoisotopic (exact) mass is 153 g/mol. The highest BCUT2D eigenvalue weighted by atomic mass is 16.1. The number of rotatable bonds is 1. The standard InChI is InChI=1S/C9H15NO/c1-6(2)8-5-9(11)7-3-4-10(7)8/h6-8H,3-5H2,1-2H3. The molecule has 0 spiro atoms. The van der Waals surface area contributed by atoms with Gasteiger partial charge in [0.15, 0.2) is 5.78 Å². The lowest BCUT2D eigenvalue weighted by molar-refractivity contribution is -0.122. The number of nitrogens with zero attached hydrogens (tertiary/aromatic N) is 1. The number of hydrogen-bond acceptors (Lipinski definition) is 2. The van der Waals surface area contributed by atoms with Crippen LogP contribution >= 0.6 is 0 Å². The summed E-state index contributed by atoms with van der Waals surface area (Å²) in [7, 11) is 0. The summed E-state index contributed by atoms with van der Waals surface area (Å²) in [5.41, 5.74) is 0. The Bertz CT molecular complexity index is 188. The third-order valence-corrected chi connectivity index (χ3v) is 3.04. The van der Waals surface area contributed by atoms with Crippen LogP contribution < -0.4 is 0 Å². The second-order valence-electron chi connectivity index (χ2n) is 4.02.